The van der Waals surface area contributed by atoms with Crippen LogP contribution in [0.1, 0.15) is 31.9 Å². The van der Waals surface area contributed by atoms with Gasteiger partial charge in [0.2, 0.25) is 5.91 Å². The number of amides is 1. The monoisotopic (exact) mass is 298 g/mol. The summed E-state index contributed by atoms with van der Waals surface area (Å²) < 4.78 is 10.3. The first kappa shape index (κ1) is 14.9. The van der Waals surface area contributed by atoms with Crippen LogP contribution < -0.4 is 5.32 Å². The number of hydrogen-bond donors (Lipinski definition) is 1. The van der Waals surface area contributed by atoms with Crippen molar-refractivity contribution < 1.29 is 19.1 Å². The maximum absolute atomic E-state index is 11.8. The quantitative estimate of drug-likeness (QED) is 0.810. The van der Waals surface area contributed by atoms with Crippen molar-refractivity contribution in [3.8, 4) is 0 Å². The average Bonchev–Trinajstić information content (AvgIpc) is 3.02. The lowest BCUT2D eigenvalue weighted by Gasteiger charge is -2.07. The van der Waals surface area contributed by atoms with Gasteiger partial charge in [-0.05, 0) is 19.8 Å². The van der Waals surface area contributed by atoms with Gasteiger partial charge in [0.1, 0.15) is 0 Å². The number of aromatic nitrogens is 1. The number of rotatable bonds is 6. The first-order valence-electron chi connectivity index (χ1n) is 6.69. The molecule has 2 heterocycles. The molecule has 1 fully saturated rings. The van der Waals surface area contributed by atoms with Gasteiger partial charge in [0.05, 0.1) is 31.2 Å². The smallest absolute Gasteiger partial charge is 0.311 e. The van der Waals surface area contributed by atoms with Crippen LogP contribution in [-0.4, -0.2) is 36.2 Å². The van der Waals surface area contributed by atoms with Crippen molar-refractivity contribution in [2.45, 2.75) is 38.7 Å². The van der Waals surface area contributed by atoms with E-state index < -0.39 is 0 Å². The van der Waals surface area contributed by atoms with E-state index in [0.29, 0.717) is 23.9 Å². The second-order valence-corrected chi connectivity index (χ2v) is 5.37. The first-order chi connectivity index (χ1) is 9.67. The van der Waals surface area contributed by atoms with Gasteiger partial charge >= 0.3 is 5.97 Å². The van der Waals surface area contributed by atoms with Crippen LogP contribution in [0.5, 0.6) is 0 Å². The van der Waals surface area contributed by atoms with E-state index in [1.807, 2.05) is 0 Å². The number of esters is 1. The van der Waals surface area contributed by atoms with Crippen molar-refractivity contribution in [1.82, 2.24) is 4.98 Å². The lowest BCUT2D eigenvalue weighted by molar-refractivity contribution is -0.142. The Balaban J connectivity index is 1.79. The van der Waals surface area contributed by atoms with Crippen LogP contribution in [0.3, 0.4) is 0 Å². The maximum atomic E-state index is 11.8. The molecule has 1 N–H and O–H groups in total. The summed E-state index contributed by atoms with van der Waals surface area (Å²) in [7, 11) is 0. The molecule has 0 aliphatic carbocycles. The molecule has 0 aromatic carbocycles. The van der Waals surface area contributed by atoms with Crippen molar-refractivity contribution >= 4 is 28.3 Å². The Morgan fingerprint density at radius 3 is 3.15 bits per heavy atom. The number of carbonyl (C=O) groups is 2. The largest absolute Gasteiger partial charge is 0.466 e. The highest BCUT2D eigenvalue weighted by molar-refractivity contribution is 7.13. The predicted molar refractivity (Wildman–Crippen MR) is 74.7 cm³/mol. The maximum Gasteiger partial charge on any atom is 0.311 e. The third-order valence-corrected chi connectivity index (χ3v) is 3.67. The Labute approximate surface area is 121 Å². The zero-order valence-electron chi connectivity index (χ0n) is 11.4. The van der Waals surface area contributed by atoms with Gasteiger partial charge in [-0.25, -0.2) is 4.98 Å². The summed E-state index contributed by atoms with van der Waals surface area (Å²) in [6.45, 7) is 2.85. The van der Waals surface area contributed by atoms with E-state index in [1.165, 1.54) is 11.3 Å². The number of anilines is 1. The van der Waals surface area contributed by atoms with E-state index in [9.17, 15) is 9.59 Å². The number of thiazole rings is 1. The van der Waals surface area contributed by atoms with E-state index in [1.54, 1.807) is 12.3 Å². The second kappa shape index (κ2) is 7.35. The molecule has 1 aliphatic rings. The van der Waals surface area contributed by atoms with Crippen molar-refractivity contribution in [2.75, 3.05) is 18.5 Å². The summed E-state index contributed by atoms with van der Waals surface area (Å²) in [5.41, 5.74) is 0.612. The van der Waals surface area contributed by atoms with E-state index in [0.717, 1.165) is 19.4 Å². The standard InChI is InChI=1S/C13H18N2O4S/c1-2-18-12(17)6-9-8-20-13(14-9)15-11(16)7-10-4-3-5-19-10/h8,10H,2-7H2,1H3,(H,14,15,16). The van der Waals surface area contributed by atoms with E-state index in [4.69, 9.17) is 9.47 Å². The van der Waals surface area contributed by atoms with Gasteiger partial charge in [0.25, 0.3) is 0 Å². The third kappa shape index (κ3) is 4.57. The minimum absolute atomic E-state index is 0.0222. The van der Waals surface area contributed by atoms with Crippen molar-refractivity contribution in [1.29, 1.82) is 0 Å². The Bertz CT molecular complexity index is 469. The molecule has 0 bridgehead atoms. The van der Waals surface area contributed by atoms with Crippen LogP contribution >= 0.6 is 11.3 Å². The zero-order valence-corrected chi connectivity index (χ0v) is 12.2. The van der Waals surface area contributed by atoms with Crippen molar-refractivity contribution in [2.24, 2.45) is 0 Å². The van der Waals surface area contributed by atoms with Crippen LogP contribution in [0.2, 0.25) is 0 Å². The minimum Gasteiger partial charge on any atom is -0.466 e. The molecule has 6 nitrogen and oxygen atoms in total. The lowest BCUT2D eigenvalue weighted by atomic mass is 10.2. The predicted octanol–water partition coefficient (Wildman–Crippen LogP) is 1.76. The molecule has 0 saturated carbocycles. The third-order valence-electron chi connectivity index (χ3n) is 2.87. The molecule has 1 saturated heterocycles. The van der Waals surface area contributed by atoms with Crippen LogP contribution in [0, 0.1) is 0 Å². The normalized spacial score (nSPS) is 17.9. The molecule has 1 aromatic heterocycles. The Morgan fingerprint density at radius 1 is 1.60 bits per heavy atom. The van der Waals surface area contributed by atoms with Crippen LogP contribution in [-0.2, 0) is 25.5 Å². The van der Waals surface area contributed by atoms with Crippen molar-refractivity contribution in [3.05, 3.63) is 11.1 Å². The summed E-state index contributed by atoms with van der Waals surface area (Å²) in [6.07, 6.45) is 2.45. The van der Waals surface area contributed by atoms with Gasteiger partial charge in [-0.15, -0.1) is 11.3 Å². The Morgan fingerprint density at radius 2 is 2.45 bits per heavy atom. The molecule has 1 unspecified atom stereocenters. The molecule has 110 valence electrons. The SMILES string of the molecule is CCOC(=O)Cc1csc(NC(=O)CC2CCCO2)n1. The van der Waals surface area contributed by atoms with Crippen LogP contribution in [0.4, 0.5) is 5.13 Å². The van der Waals surface area contributed by atoms with E-state index in [2.05, 4.69) is 10.3 Å². The molecule has 0 spiro atoms. The van der Waals surface area contributed by atoms with E-state index >= 15 is 0 Å². The molecule has 2 rings (SSSR count). The highest BCUT2D eigenvalue weighted by Gasteiger charge is 2.19. The van der Waals surface area contributed by atoms with Gasteiger partial charge in [0, 0.05) is 12.0 Å². The lowest BCUT2D eigenvalue weighted by Crippen LogP contribution is -2.19. The van der Waals surface area contributed by atoms with Gasteiger partial charge in [-0.3, -0.25) is 9.59 Å². The summed E-state index contributed by atoms with van der Waals surface area (Å²) in [4.78, 5) is 27.3. The van der Waals surface area contributed by atoms with Gasteiger partial charge < -0.3 is 14.8 Å². The molecule has 20 heavy (non-hydrogen) atoms. The van der Waals surface area contributed by atoms with Crippen molar-refractivity contribution in [3.63, 3.8) is 0 Å². The number of carbonyl (C=O) groups excluding carboxylic acids is 2. The highest BCUT2D eigenvalue weighted by atomic mass is 32.1. The molecular weight excluding hydrogens is 280 g/mol. The summed E-state index contributed by atoms with van der Waals surface area (Å²) in [6, 6.07) is 0. The molecule has 1 aromatic rings. The highest BCUT2D eigenvalue weighted by Crippen LogP contribution is 2.19. The number of nitrogens with zero attached hydrogens (tertiary/aromatic N) is 1. The van der Waals surface area contributed by atoms with Gasteiger partial charge in [0.15, 0.2) is 5.13 Å². The summed E-state index contributed by atoms with van der Waals surface area (Å²) in [5, 5.41) is 4.99. The second-order valence-electron chi connectivity index (χ2n) is 4.51. The van der Waals surface area contributed by atoms with Crippen LogP contribution in [0.15, 0.2) is 5.38 Å². The summed E-state index contributed by atoms with van der Waals surface area (Å²) >= 11 is 1.30. The van der Waals surface area contributed by atoms with Gasteiger partial charge in [-0.1, -0.05) is 0 Å². The number of hydrogen-bond acceptors (Lipinski definition) is 6. The molecule has 1 atom stereocenters. The van der Waals surface area contributed by atoms with Crippen LogP contribution in [0.25, 0.3) is 0 Å². The fourth-order valence-electron chi connectivity index (χ4n) is 1.99. The molecule has 1 aliphatic heterocycles. The average molecular weight is 298 g/mol. The fraction of sp³-hybridized carbons (Fsp3) is 0.615. The minimum atomic E-state index is -0.310. The first-order valence-corrected chi connectivity index (χ1v) is 7.57. The molecular formula is C13H18N2O4S. The molecule has 7 heteroatoms. The van der Waals surface area contributed by atoms with Gasteiger partial charge in [-0.2, -0.15) is 0 Å². The summed E-state index contributed by atoms with van der Waals surface area (Å²) in [5.74, 6) is -0.413. The Hall–Kier alpha value is -1.47. The number of nitrogens with one attached hydrogen (secondary N) is 1. The van der Waals surface area contributed by atoms with E-state index in [-0.39, 0.29) is 24.4 Å². The Kier molecular flexibility index (Phi) is 5.49. The zero-order chi connectivity index (χ0) is 14.4. The molecule has 1 amide bonds. The molecule has 0 radical (unpaired) electrons. The topological polar surface area (TPSA) is 77.5 Å². The fourth-order valence-corrected chi connectivity index (χ4v) is 2.71. The number of ether oxygens (including phenoxy) is 2.